The third-order valence-electron chi connectivity index (χ3n) is 5.13. The summed E-state index contributed by atoms with van der Waals surface area (Å²) in [5.74, 6) is 0. The summed E-state index contributed by atoms with van der Waals surface area (Å²) in [5, 5.41) is 12.3. The van der Waals surface area contributed by atoms with Crippen LogP contribution in [0.5, 0.6) is 0 Å². The largest absolute Gasteiger partial charge is 0.633 e. The molecule has 0 aromatic heterocycles. The molecule has 0 rings (SSSR count). The zero-order valence-corrected chi connectivity index (χ0v) is 16.6. The van der Waals surface area contributed by atoms with Crippen LogP contribution in [0.4, 0.5) is 0 Å². The van der Waals surface area contributed by atoms with Gasteiger partial charge in [0.15, 0.2) is 0 Å². The van der Waals surface area contributed by atoms with Crippen LogP contribution in [0.3, 0.4) is 0 Å². The van der Waals surface area contributed by atoms with Crippen molar-refractivity contribution in [2.45, 2.75) is 117 Å². The van der Waals surface area contributed by atoms with E-state index in [4.69, 9.17) is 0 Å². The number of nitrogens with zero attached hydrogens (tertiary/aromatic N) is 1. The molecule has 0 spiro atoms. The van der Waals surface area contributed by atoms with Gasteiger partial charge in [-0.2, -0.15) is 0 Å². The Kier molecular flexibility index (Phi) is 16.7. The molecular weight excluding hydrogens is 282 g/mol. The van der Waals surface area contributed by atoms with Crippen molar-refractivity contribution in [3.8, 4) is 0 Å². The molecule has 0 saturated carbocycles. The first-order chi connectivity index (χ1) is 11.2. The number of hydrogen-bond acceptors (Lipinski definition) is 1. The van der Waals surface area contributed by atoms with Gasteiger partial charge < -0.3 is 9.85 Å². The summed E-state index contributed by atoms with van der Waals surface area (Å²) in [5.41, 5.74) is 0. The van der Waals surface area contributed by atoms with Crippen molar-refractivity contribution in [3.05, 3.63) is 5.21 Å². The second-order valence-corrected chi connectivity index (χ2v) is 7.42. The topological polar surface area (TPSA) is 23.1 Å². The molecule has 0 N–H and O–H groups in total. The molecule has 0 saturated heterocycles. The van der Waals surface area contributed by atoms with Gasteiger partial charge in [-0.1, -0.05) is 90.9 Å². The van der Waals surface area contributed by atoms with E-state index in [1.807, 2.05) is 6.92 Å². The molecule has 0 radical (unpaired) electrons. The van der Waals surface area contributed by atoms with E-state index in [0.717, 1.165) is 32.5 Å². The van der Waals surface area contributed by atoms with Crippen LogP contribution in [0.1, 0.15) is 117 Å². The average Bonchev–Trinajstić information content (AvgIpc) is 2.55. The van der Waals surface area contributed by atoms with Crippen LogP contribution in [-0.4, -0.2) is 24.3 Å². The number of rotatable bonds is 18. The van der Waals surface area contributed by atoms with Crippen LogP contribution in [-0.2, 0) is 0 Å². The van der Waals surface area contributed by atoms with E-state index in [2.05, 4.69) is 13.8 Å². The molecule has 23 heavy (non-hydrogen) atoms. The summed E-state index contributed by atoms with van der Waals surface area (Å²) in [6, 6.07) is 0. The van der Waals surface area contributed by atoms with Crippen molar-refractivity contribution >= 4 is 0 Å². The highest BCUT2D eigenvalue weighted by Crippen LogP contribution is 2.14. The quantitative estimate of drug-likeness (QED) is 0.148. The zero-order valence-electron chi connectivity index (χ0n) is 16.6. The SMILES string of the molecule is CCCCCCCCCCCCCCCC[N+]([O-])(CC)CCC. The maximum Gasteiger partial charge on any atom is 0.0783 e. The predicted octanol–water partition coefficient (Wildman–Crippen LogP) is 7.21. The standard InChI is InChI=1S/C21H45NO/c1-4-7-8-9-10-11-12-13-14-15-16-17-18-19-21-22(23,6-3)20-5-2/h4-21H2,1-3H3. The van der Waals surface area contributed by atoms with Gasteiger partial charge in [-0.3, -0.25) is 0 Å². The van der Waals surface area contributed by atoms with E-state index < -0.39 is 0 Å². The lowest BCUT2D eigenvalue weighted by molar-refractivity contribution is -0.879. The summed E-state index contributed by atoms with van der Waals surface area (Å²) in [4.78, 5) is 0. The fourth-order valence-electron chi connectivity index (χ4n) is 3.43. The normalized spacial score (nSPS) is 14.1. The lowest BCUT2D eigenvalue weighted by Gasteiger charge is -2.42. The average molecular weight is 328 g/mol. The Labute approximate surface area is 147 Å². The van der Waals surface area contributed by atoms with Crippen LogP contribution in [0.25, 0.3) is 0 Å². The Morgan fingerprint density at radius 2 is 0.870 bits per heavy atom. The zero-order chi connectivity index (χ0) is 17.2. The lowest BCUT2D eigenvalue weighted by atomic mass is 10.0. The molecule has 140 valence electrons. The second-order valence-electron chi connectivity index (χ2n) is 7.42. The van der Waals surface area contributed by atoms with E-state index in [0.29, 0.717) is 0 Å². The molecule has 0 aliphatic rings. The Morgan fingerprint density at radius 1 is 0.478 bits per heavy atom. The number of hydroxylamine groups is 3. The van der Waals surface area contributed by atoms with Crippen LogP contribution >= 0.6 is 0 Å². The molecule has 0 aromatic rings. The van der Waals surface area contributed by atoms with Gasteiger partial charge in [-0.15, -0.1) is 0 Å². The summed E-state index contributed by atoms with van der Waals surface area (Å²) in [6.45, 7) is 8.81. The monoisotopic (exact) mass is 327 g/mol. The highest BCUT2D eigenvalue weighted by Gasteiger charge is 2.11. The molecule has 1 atom stereocenters. The van der Waals surface area contributed by atoms with Gasteiger partial charge in [-0.25, -0.2) is 0 Å². The number of quaternary nitrogens is 1. The highest BCUT2D eigenvalue weighted by atomic mass is 16.5. The molecule has 0 bridgehead atoms. The maximum atomic E-state index is 12.3. The minimum Gasteiger partial charge on any atom is -0.633 e. The Balaban J connectivity index is 3.21. The van der Waals surface area contributed by atoms with Gasteiger partial charge in [0.25, 0.3) is 0 Å². The molecule has 0 aliphatic carbocycles. The van der Waals surface area contributed by atoms with Gasteiger partial charge in [0.1, 0.15) is 0 Å². The fourth-order valence-corrected chi connectivity index (χ4v) is 3.43. The van der Waals surface area contributed by atoms with Crippen molar-refractivity contribution in [1.82, 2.24) is 0 Å². The van der Waals surface area contributed by atoms with Gasteiger partial charge in [0, 0.05) is 0 Å². The molecule has 0 aromatic carbocycles. The number of unbranched alkanes of at least 4 members (excludes halogenated alkanes) is 13. The van der Waals surface area contributed by atoms with E-state index >= 15 is 0 Å². The van der Waals surface area contributed by atoms with Crippen molar-refractivity contribution in [1.29, 1.82) is 0 Å². The maximum absolute atomic E-state index is 12.3. The molecule has 1 unspecified atom stereocenters. The smallest absolute Gasteiger partial charge is 0.0783 e. The van der Waals surface area contributed by atoms with Gasteiger partial charge in [-0.05, 0) is 26.2 Å². The molecular formula is C21H45NO. The predicted molar refractivity (Wildman–Crippen MR) is 105 cm³/mol. The minimum atomic E-state index is 0.0365. The Bertz CT molecular complexity index is 232. The highest BCUT2D eigenvalue weighted by molar-refractivity contribution is 4.50. The first-order valence-corrected chi connectivity index (χ1v) is 10.8. The summed E-state index contributed by atoms with van der Waals surface area (Å²) < 4.78 is 0.0365. The van der Waals surface area contributed by atoms with Gasteiger partial charge >= 0.3 is 0 Å². The number of hydrogen-bond donors (Lipinski definition) is 0. The minimum absolute atomic E-state index is 0.0365. The van der Waals surface area contributed by atoms with E-state index in [1.54, 1.807) is 0 Å². The summed E-state index contributed by atoms with van der Waals surface area (Å²) >= 11 is 0. The Morgan fingerprint density at radius 3 is 1.22 bits per heavy atom. The van der Waals surface area contributed by atoms with E-state index in [1.165, 1.54) is 83.5 Å². The Hall–Kier alpha value is -0.0800. The third-order valence-corrected chi connectivity index (χ3v) is 5.13. The summed E-state index contributed by atoms with van der Waals surface area (Å²) in [6.07, 6.45) is 20.3. The fraction of sp³-hybridized carbons (Fsp3) is 1.00. The molecule has 2 nitrogen and oxygen atoms in total. The molecule has 2 heteroatoms. The third kappa shape index (κ3) is 15.2. The molecule has 0 amide bonds. The second kappa shape index (κ2) is 16.8. The van der Waals surface area contributed by atoms with Crippen LogP contribution in [0.15, 0.2) is 0 Å². The molecule has 0 heterocycles. The van der Waals surface area contributed by atoms with Crippen LogP contribution in [0.2, 0.25) is 0 Å². The van der Waals surface area contributed by atoms with E-state index in [-0.39, 0.29) is 4.65 Å². The van der Waals surface area contributed by atoms with Crippen molar-refractivity contribution in [2.75, 3.05) is 19.6 Å². The molecule has 0 fully saturated rings. The van der Waals surface area contributed by atoms with Crippen molar-refractivity contribution < 1.29 is 4.65 Å². The van der Waals surface area contributed by atoms with Gasteiger partial charge in [0.2, 0.25) is 0 Å². The lowest BCUT2D eigenvalue weighted by Crippen LogP contribution is -2.43. The summed E-state index contributed by atoms with van der Waals surface area (Å²) in [7, 11) is 0. The van der Waals surface area contributed by atoms with Crippen molar-refractivity contribution in [3.63, 3.8) is 0 Å². The van der Waals surface area contributed by atoms with Crippen molar-refractivity contribution in [2.24, 2.45) is 0 Å². The van der Waals surface area contributed by atoms with Gasteiger partial charge in [0.05, 0.1) is 19.6 Å². The van der Waals surface area contributed by atoms with E-state index in [9.17, 15) is 5.21 Å². The molecule has 0 aliphatic heterocycles. The van der Waals surface area contributed by atoms with Crippen LogP contribution in [0, 0.1) is 5.21 Å². The first kappa shape index (κ1) is 22.9. The van der Waals surface area contributed by atoms with Crippen LogP contribution < -0.4 is 0 Å². The first-order valence-electron chi connectivity index (χ1n) is 10.8.